The highest BCUT2D eigenvalue weighted by molar-refractivity contribution is 6.23. The van der Waals surface area contributed by atoms with E-state index in [1.165, 1.54) is 4.90 Å². The van der Waals surface area contributed by atoms with Crippen LogP contribution in [0.3, 0.4) is 0 Å². The van der Waals surface area contributed by atoms with Gasteiger partial charge in [0.1, 0.15) is 5.75 Å². The van der Waals surface area contributed by atoms with Crippen LogP contribution in [-0.2, 0) is 19.2 Å². The van der Waals surface area contributed by atoms with Gasteiger partial charge in [-0.1, -0.05) is 6.07 Å². The fraction of sp³-hybridized carbons (Fsp3) is 0.448. The summed E-state index contributed by atoms with van der Waals surface area (Å²) in [6.07, 6.45) is 3.18. The van der Waals surface area contributed by atoms with Gasteiger partial charge in [0.25, 0.3) is 0 Å². The number of ether oxygens (including phenoxy) is 1. The molecule has 2 aromatic rings. The quantitative estimate of drug-likeness (QED) is 0.369. The highest BCUT2D eigenvalue weighted by Crippen LogP contribution is 2.56. The van der Waals surface area contributed by atoms with Crippen LogP contribution in [0, 0.1) is 50.4 Å². The van der Waals surface area contributed by atoms with Gasteiger partial charge in [-0.25, -0.2) is 4.90 Å². The summed E-state index contributed by atoms with van der Waals surface area (Å²) >= 11 is 0. The highest BCUT2D eigenvalue weighted by atomic mass is 16.5. The number of anilines is 2. The molecule has 4 fully saturated rings. The fourth-order valence-corrected chi connectivity index (χ4v) is 6.80. The number of aryl methyl sites for hydroxylation is 3. The molecule has 0 aromatic heterocycles. The Bertz CT molecular complexity index is 1290. The van der Waals surface area contributed by atoms with E-state index in [4.69, 9.17) is 4.74 Å². The van der Waals surface area contributed by atoms with E-state index in [1.54, 1.807) is 23.1 Å². The molecule has 2 heterocycles. The number of rotatable bonds is 4. The van der Waals surface area contributed by atoms with Crippen molar-refractivity contribution in [3.63, 3.8) is 0 Å². The predicted molar refractivity (Wildman–Crippen MR) is 133 cm³/mol. The van der Waals surface area contributed by atoms with Crippen LogP contribution in [0.15, 0.2) is 36.4 Å². The zero-order chi connectivity index (χ0) is 25.3. The van der Waals surface area contributed by atoms with Crippen LogP contribution < -0.4 is 14.5 Å². The van der Waals surface area contributed by atoms with Crippen LogP contribution in [0.1, 0.15) is 42.4 Å². The van der Waals surface area contributed by atoms with Crippen molar-refractivity contribution in [2.45, 2.75) is 46.5 Å². The first-order valence-corrected chi connectivity index (χ1v) is 12.8. The largest absolute Gasteiger partial charge is 0.426 e. The van der Waals surface area contributed by atoms with E-state index >= 15 is 0 Å². The van der Waals surface area contributed by atoms with Gasteiger partial charge in [-0.3, -0.25) is 19.2 Å². The maximum absolute atomic E-state index is 13.2. The van der Waals surface area contributed by atoms with Crippen molar-refractivity contribution in [1.82, 2.24) is 0 Å². The summed E-state index contributed by atoms with van der Waals surface area (Å²) in [6.45, 7) is 6.11. The van der Waals surface area contributed by atoms with Gasteiger partial charge in [0.15, 0.2) is 0 Å². The molecule has 0 radical (unpaired) electrons. The molecule has 6 rings (SSSR count). The molecule has 36 heavy (non-hydrogen) atoms. The molecule has 0 unspecified atom stereocenters. The van der Waals surface area contributed by atoms with E-state index in [2.05, 4.69) is 0 Å². The Morgan fingerprint density at radius 1 is 0.861 bits per heavy atom. The summed E-state index contributed by atoms with van der Waals surface area (Å²) in [6, 6.07) is 10.8. The minimum absolute atomic E-state index is 0.0825. The molecule has 2 bridgehead atoms. The first-order chi connectivity index (χ1) is 17.2. The Morgan fingerprint density at radius 2 is 1.56 bits per heavy atom. The Labute approximate surface area is 210 Å². The number of fused-ring (bicyclic) bond motifs is 5. The number of carbonyl (C=O) groups is 4. The summed E-state index contributed by atoms with van der Waals surface area (Å²) in [5, 5.41) is 0. The zero-order valence-corrected chi connectivity index (χ0v) is 20.8. The molecular weight excluding hydrogens is 456 g/mol. The smallest absolute Gasteiger partial charge is 0.316 e. The fourth-order valence-electron chi connectivity index (χ4n) is 6.80. The van der Waals surface area contributed by atoms with Gasteiger partial charge in [0.2, 0.25) is 17.7 Å². The minimum atomic E-state index is -0.560. The van der Waals surface area contributed by atoms with Crippen LogP contribution in [0.4, 0.5) is 11.4 Å². The van der Waals surface area contributed by atoms with Crippen molar-refractivity contribution in [1.29, 1.82) is 0 Å². The van der Waals surface area contributed by atoms with Gasteiger partial charge in [0, 0.05) is 18.7 Å². The van der Waals surface area contributed by atoms with Crippen molar-refractivity contribution in [2.75, 3.05) is 16.3 Å². The van der Waals surface area contributed by atoms with E-state index in [9.17, 15) is 19.2 Å². The number of hydrogen-bond donors (Lipinski definition) is 0. The van der Waals surface area contributed by atoms with Crippen molar-refractivity contribution in [2.24, 2.45) is 29.6 Å². The monoisotopic (exact) mass is 486 g/mol. The Morgan fingerprint density at radius 3 is 2.19 bits per heavy atom. The van der Waals surface area contributed by atoms with Gasteiger partial charge < -0.3 is 9.64 Å². The van der Waals surface area contributed by atoms with E-state index < -0.39 is 11.9 Å². The third-order valence-electron chi connectivity index (χ3n) is 8.82. The summed E-state index contributed by atoms with van der Waals surface area (Å²) in [4.78, 5) is 54.9. The van der Waals surface area contributed by atoms with Crippen molar-refractivity contribution < 1.29 is 23.9 Å². The average molecular weight is 487 g/mol. The molecule has 5 atom stereocenters. The lowest BCUT2D eigenvalue weighted by molar-refractivity contribution is -0.139. The second-order valence-corrected chi connectivity index (χ2v) is 10.9. The molecule has 0 N–H and O–H groups in total. The zero-order valence-electron chi connectivity index (χ0n) is 20.8. The molecule has 0 spiro atoms. The number of carbonyl (C=O) groups excluding carboxylic acids is 4. The molecule has 2 saturated carbocycles. The maximum atomic E-state index is 13.2. The molecular formula is C29H30N2O5. The third kappa shape index (κ3) is 3.47. The first kappa shape index (κ1) is 23.0. The van der Waals surface area contributed by atoms with Crippen molar-refractivity contribution in [3.8, 4) is 5.75 Å². The SMILES string of the molecule is Cc1ccc(N2C[C@H](C(=O)Oc3ccc(N4C(=O)[C@@H]5[C@H]6CC[C@@H](C6)[C@@H]5C4=O)c(C)c3)CC2=O)cc1C. The number of esters is 1. The number of benzene rings is 2. The summed E-state index contributed by atoms with van der Waals surface area (Å²) in [5.41, 5.74) is 4.29. The Balaban J connectivity index is 1.15. The van der Waals surface area contributed by atoms with E-state index in [0.29, 0.717) is 28.8 Å². The lowest BCUT2D eigenvalue weighted by atomic mass is 9.81. The van der Waals surface area contributed by atoms with Crippen molar-refractivity contribution in [3.05, 3.63) is 53.1 Å². The summed E-state index contributed by atoms with van der Waals surface area (Å²) < 4.78 is 5.64. The lowest BCUT2D eigenvalue weighted by Gasteiger charge is -2.20. The number of amides is 3. The molecule has 3 amide bonds. The lowest BCUT2D eigenvalue weighted by Crippen LogP contribution is -2.33. The van der Waals surface area contributed by atoms with E-state index in [-0.39, 0.29) is 42.5 Å². The first-order valence-electron chi connectivity index (χ1n) is 12.8. The van der Waals surface area contributed by atoms with Crippen LogP contribution >= 0.6 is 0 Å². The highest BCUT2D eigenvalue weighted by Gasteiger charge is 2.61. The van der Waals surface area contributed by atoms with Crippen LogP contribution in [0.25, 0.3) is 0 Å². The Kier molecular flexibility index (Phi) is 5.28. The van der Waals surface area contributed by atoms with Crippen LogP contribution in [0.2, 0.25) is 0 Å². The number of imide groups is 1. The molecule has 7 heteroatoms. The van der Waals surface area contributed by atoms with Gasteiger partial charge in [-0.15, -0.1) is 0 Å². The van der Waals surface area contributed by atoms with Crippen LogP contribution in [0.5, 0.6) is 5.75 Å². The van der Waals surface area contributed by atoms with Crippen molar-refractivity contribution >= 4 is 35.1 Å². The minimum Gasteiger partial charge on any atom is -0.426 e. The van der Waals surface area contributed by atoms with Gasteiger partial charge in [-0.05, 0) is 98.9 Å². The van der Waals surface area contributed by atoms with Gasteiger partial charge in [0.05, 0.1) is 23.4 Å². The topological polar surface area (TPSA) is 84.0 Å². The average Bonchev–Trinajstić information content (AvgIpc) is 3.60. The second kappa shape index (κ2) is 8.29. The summed E-state index contributed by atoms with van der Waals surface area (Å²) in [7, 11) is 0. The molecule has 2 aromatic carbocycles. The number of hydrogen-bond acceptors (Lipinski definition) is 5. The molecule has 2 aliphatic heterocycles. The summed E-state index contributed by atoms with van der Waals surface area (Å²) in [5.74, 6) is -0.616. The van der Waals surface area contributed by atoms with E-state index in [0.717, 1.165) is 36.1 Å². The molecule has 2 saturated heterocycles. The molecule has 186 valence electrons. The normalized spacial score (nSPS) is 28.9. The van der Waals surface area contributed by atoms with Crippen LogP contribution in [-0.4, -0.2) is 30.2 Å². The molecule has 4 aliphatic rings. The number of nitrogens with zero attached hydrogens (tertiary/aromatic N) is 2. The maximum Gasteiger partial charge on any atom is 0.316 e. The Hall–Kier alpha value is -3.48. The van der Waals surface area contributed by atoms with Gasteiger partial charge >= 0.3 is 5.97 Å². The molecule has 7 nitrogen and oxygen atoms in total. The third-order valence-corrected chi connectivity index (χ3v) is 8.82. The van der Waals surface area contributed by atoms with Gasteiger partial charge in [-0.2, -0.15) is 0 Å². The van der Waals surface area contributed by atoms with E-state index in [1.807, 2.05) is 39.0 Å². The molecule has 2 aliphatic carbocycles. The second-order valence-electron chi connectivity index (χ2n) is 10.9. The predicted octanol–water partition coefficient (Wildman–Crippen LogP) is 4.11. The standard InChI is InChI=1S/C29H30N2O5/c1-15-4-7-21(10-16(15)2)30-14-20(13-24(30)32)29(35)36-22-8-9-23(17(3)11-22)31-27(33)25-18-5-6-19(12-18)26(25)28(31)34/h4,7-11,18-20,25-26H,5-6,12-14H2,1-3H3/t18-,19-,20+,25-,26+/m0/s1.